The van der Waals surface area contributed by atoms with Gasteiger partial charge in [-0.3, -0.25) is 14.8 Å². The molecule has 1 aliphatic rings. The summed E-state index contributed by atoms with van der Waals surface area (Å²) in [7, 11) is 0. The van der Waals surface area contributed by atoms with Gasteiger partial charge in [-0.15, -0.1) is 0 Å². The van der Waals surface area contributed by atoms with Crippen molar-refractivity contribution in [3.05, 3.63) is 53.4 Å². The summed E-state index contributed by atoms with van der Waals surface area (Å²) in [5.74, 6) is -10.7. The zero-order valence-corrected chi connectivity index (χ0v) is 18.4. The molecule has 3 rings (SSSR count). The first kappa shape index (κ1) is 27.0. The minimum absolute atomic E-state index is 0.205. The molecule has 0 bridgehead atoms. The predicted molar refractivity (Wildman–Crippen MR) is 105 cm³/mol. The van der Waals surface area contributed by atoms with Crippen molar-refractivity contribution in [2.24, 2.45) is 11.7 Å². The van der Waals surface area contributed by atoms with Crippen LogP contribution in [0.1, 0.15) is 35.8 Å². The second-order valence-electron chi connectivity index (χ2n) is 8.11. The maximum absolute atomic E-state index is 14.4. The van der Waals surface area contributed by atoms with Crippen molar-refractivity contribution < 1.29 is 59.7 Å². The van der Waals surface area contributed by atoms with Crippen LogP contribution < -0.4 is 20.5 Å². The molecule has 2 amide bonds. The topological polar surface area (TPSA) is 115 Å². The summed E-state index contributed by atoms with van der Waals surface area (Å²) in [6.45, 7) is -2.05. The van der Waals surface area contributed by atoms with Gasteiger partial charge in [0.25, 0.3) is 5.91 Å². The lowest BCUT2D eigenvalue weighted by Crippen LogP contribution is -2.47. The summed E-state index contributed by atoms with van der Waals surface area (Å²) in [6.07, 6.45) is -6.25. The Labute approximate surface area is 198 Å². The van der Waals surface area contributed by atoms with Gasteiger partial charge >= 0.3 is 24.4 Å². The Morgan fingerprint density at radius 3 is 2.44 bits per heavy atom. The molecule has 0 radical (unpaired) electrons. The lowest BCUT2D eigenvalue weighted by atomic mass is 9.77. The maximum Gasteiger partial charge on any atom is 0.417 e. The molecule has 0 unspecified atom stereocenters. The fourth-order valence-electron chi connectivity index (χ4n) is 4.01. The summed E-state index contributed by atoms with van der Waals surface area (Å²) >= 11 is 0. The summed E-state index contributed by atoms with van der Waals surface area (Å²) in [5, 5.41) is 11.8. The number of carbonyl (C=O) groups is 2. The first-order valence-electron chi connectivity index (χ1n) is 10.1. The van der Waals surface area contributed by atoms with Crippen molar-refractivity contribution >= 4 is 17.5 Å². The van der Waals surface area contributed by atoms with E-state index in [0.717, 1.165) is 31.3 Å². The molecule has 0 saturated carbocycles. The number of benzene rings is 1. The third kappa shape index (κ3) is 4.74. The molecule has 15 heteroatoms. The van der Waals surface area contributed by atoms with Gasteiger partial charge in [-0.25, -0.2) is 4.39 Å². The molecule has 1 fully saturated rings. The first-order chi connectivity index (χ1) is 16.6. The normalized spacial score (nSPS) is 24.1. The highest BCUT2D eigenvalue weighted by molar-refractivity contribution is 5.97. The van der Waals surface area contributed by atoms with Crippen LogP contribution in [0.5, 0.6) is 5.75 Å². The number of halogens is 7. The summed E-state index contributed by atoms with van der Waals surface area (Å²) < 4.78 is 105. The fraction of sp³-hybridized carbons (Fsp3) is 0.381. The van der Waals surface area contributed by atoms with Gasteiger partial charge in [0.1, 0.15) is 6.10 Å². The minimum Gasteiger partial charge on any atom is -0.431 e. The number of aromatic nitrogens is 1. The Morgan fingerprint density at radius 1 is 1.25 bits per heavy atom. The van der Waals surface area contributed by atoms with E-state index in [1.54, 1.807) is 0 Å². The van der Waals surface area contributed by atoms with Gasteiger partial charge < -0.3 is 20.5 Å². The van der Waals surface area contributed by atoms with E-state index in [0.29, 0.717) is 17.7 Å². The number of anilines is 1. The molecule has 0 spiro atoms. The lowest BCUT2D eigenvalue weighted by molar-refractivity contribution is -0.905. The number of nitrogens with two attached hydrogens (primary N) is 1. The third-order valence-electron chi connectivity index (χ3n) is 6.03. The van der Waals surface area contributed by atoms with Crippen LogP contribution in [0.3, 0.4) is 0 Å². The van der Waals surface area contributed by atoms with Crippen LogP contribution >= 0.6 is 0 Å². The van der Waals surface area contributed by atoms with Gasteiger partial charge in [-0.2, -0.15) is 26.3 Å². The van der Waals surface area contributed by atoms with E-state index in [2.05, 4.69) is 10.1 Å². The maximum atomic E-state index is 14.4. The smallest absolute Gasteiger partial charge is 0.417 e. The quantitative estimate of drug-likeness (QED) is 0.304. The van der Waals surface area contributed by atoms with Gasteiger partial charge in [0.15, 0.2) is 17.2 Å². The van der Waals surface area contributed by atoms with Crippen LogP contribution in [-0.2, 0) is 9.53 Å². The number of primary amides is 1. The SMILES string of the molecule is C[C@@H]1[C@@H](c2ccc(F)c(F)c2OC(F)F)[C@@H](C(=O)Nc2cc[n+](O)c(C(N)=O)c2)O[C@@]1(C)C(F)(F)F. The number of rotatable bonds is 6. The second-order valence-corrected chi connectivity index (χ2v) is 8.11. The molecule has 1 aromatic carbocycles. The number of carbonyl (C=O) groups excluding carboxylic acids is 2. The molecule has 4 atom stereocenters. The average molecular weight is 526 g/mol. The largest absolute Gasteiger partial charge is 0.431 e. The molecule has 2 aromatic rings. The molecule has 1 saturated heterocycles. The monoisotopic (exact) mass is 526 g/mol. The van der Waals surface area contributed by atoms with Crippen molar-refractivity contribution in [1.29, 1.82) is 0 Å². The van der Waals surface area contributed by atoms with Crippen molar-refractivity contribution in [2.45, 2.75) is 44.3 Å². The molecular formula is C21H19F7N3O5+. The predicted octanol–water partition coefficient (Wildman–Crippen LogP) is 3.27. The van der Waals surface area contributed by atoms with Gasteiger partial charge in [0.05, 0.1) is 5.69 Å². The standard InChI is InChI=1S/C21H18F7N3O5/c1-8-13(10-3-4-11(22)14(23)15(10)35-19(24)25)16(36-20(8,2)21(26,27)28)18(33)30-9-5-6-31(34)12(7-9)17(29)32/h3-8,13,16,19,34H,1-2H3,(H2,29,32)/p+1/t8-,13+,16+,20-/m1/s1. The van der Waals surface area contributed by atoms with Crippen molar-refractivity contribution in [1.82, 2.24) is 0 Å². The summed E-state index contributed by atoms with van der Waals surface area (Å²) in [4.78, 5) is 24.5. The number of nitrogens with zero attached hydrogens (tertiary/aromatic N) is 1. The zero-order chi connectivity index (χ0) is 27.2. The zero-order valence-electron chi connectivity index (χ0n) is 18.4. The average Bonchev–Trinajstić information content (AvgIpc) is 3.04. The number of hydrogen-bond donors (Lipinski definition) is 3. The third-order valence-corrected chi connectivity index (χ3v) is 6.03. The molecule has 8 nitrogen and oxygen atoms in total. The Balaban J connectivity index is 2.11. The summed E-state index contributed by atoms with van der Waals surface area (Å²) in [5.41, 5.74) is 0.713. The number of alkyl halides is 5. The number of ether oxygens (including phenoxy) is 2. The molecule has 0 aliphatic carbocycles. The Hall–Kier alpha value is -3.62. The highest BCUT2D eigenvalue weighted by atomic mass is 19.4. The van der Waals surface area contributed by atoms with Crippen molar-refractivity contribution in [2.75, 3.05) is 5.32 Å². The van der Waals surface area contributed by atoms with E-state index >= 15 is 0 Å². The van der Waals surface area contributed by atoms with Crippen LogP contribution in [0, 0.1) is 17.6 Å². The van der Waals surface area contributed by atoms with E-state index in [1.165, 1.54) is 0 Å². The molecule has 2 heterocycles. The van der Waals surface area contributed by atoms with Gasteiger partial charge in [0, 0.05) is 34.3 Å². The second kappa shape index (κ2) is 9.44. The van der Waals surface area contributed by atoms with Gasteiger partial charge in [-0.05, 0) is 13.0 Å². The van der Waals surface area contributed by atoms with Crippen LogP contribution in [-0.4, -0.2) is 41.5 Å². The van der Waals surface area contributed by atoms with Gasteiger partial charge in [-0.1, -0.05) is 13.0 Å². The molecule has 196 valence electrons. The molecule has 36 heavy (non-hydrogen) atoms. The first-order valence-corrected chi connectivity index (χ1v) is 10.1. The highest BCUT2D eigenvalue weighted by Crippen LogP contribution is 2.55. The number of pyridine rings is 1. The highest BCUT2D eigenvalue weighted by Gasteiger charge is 2.66. The Kier molecular flexibility index (Phi) is 7.08. The summed E-state index contributed by atoms with van der Waals surface area (Å²) in [6, 6.07) is 3.18. The molecule has 1 aliphatic heterocycles. The number of hydrogen-bond acceptors (Lipinski definition) is 5. The van der Waals surface area contributed by atoms with E-state index < -0.39 is 76.8 Å². The molecule has 4 N–H and O–H groups in total. The Bertz CT molecular complexity index is 1190. The molecule has 1 aromatic heterocycles. The number of nitrogens with one attached hydrogen (secondary N) is 1. The number of amides is 2. The van der Waals surface area contributed by atoms with Gasteiger partial charge in [0.2, 0.25) is 12.0 Å². The lowest BCUT2D eigenvalue weighted by Gasteiger charge is -2.32. The van der Waals surface area contributed by atoms with E-state index in [1.807, 2.05) is 0 Å². The van der Waals surface area contributed by atoms with Crippen LogP contribution in [0.2, 0.25) is 0 Å². The van der Waals surface area contributed by atoms with E-state index in [-0.39, 0.29) is 5.69 Å². The minimum atomic E-state index is -5.07. The fourth-order valence-corrected chi connectivity index (χ4v) is 4.01. The molecular weight excluding hydrogens is 507 g/mol. The van der Waals surface area contributed by atoms with Crippen molar-refractivity contribution in [3.63, 3.8) is 0 Å². The van der Waals surface area contributed by atoms with Crippen LogP contribution in [0.25, 0.3) is 0 Å². The van der Waals surface area contributed by atoms with Crippen molar-refractivity contribution in [3.8, 4) is 5.75 Å². The van der Waals surface area contributed by atoms with Crippen LogP contribution in [0.4, 0.5) is 36.4 Å². The van der Waals surface area contributed by atoms with E-state index in [4.69, 9.17) is 10.5 Å². The van der Waals surface area contributed by atoms with E-state index in [9.17, 15) is 45.5 Å². The Morgan fingerprint density at radius 2 is 1.89 bits per heavy atom. The van der Waals surface area contributed by atoms with Crippen LogP contribution in [0.15, 0.2) is 30.5 Å².